The summed E-state index contributed by atoms with van der Waals surface area (Å²) < 4.78 is 5.59. The van der Waals surface area contributed by atoms with Crippen LogP contribution < -0.4 is 10.3 Å². The van der Waals surface area contributed by atoms with Crippen molar-refractivity contribution in [1.82, 2.24) is 15.2 Å². The number of aromatic nitrogens is 3. The lowest BCUT2D eigenvalue weighted by molar-refractivity contribution is -0.136. The smallest absolute Gasteiger partial charge is 0.303 e. The van der Waals surface area contributed by atoms with Crippen molar-refractivity contribution in [3.8, 4) is 17.1 Å². The number of rotatable bonds is 7. The summed E-state index contributed by atoms with van der Waals surface area (Å²) in [5, 5.41) is 16.4. The topological polar surface area (TPSA) is 105 Å². The summed E-state index contributed by atoms with van der Waals surface area (Å²) in [6, 6.07) is 7.17. The van der Waals surface area contributed by atoms with Gasteiger partial charge in [0.05, 0.1) is 13.0 Å². The van der Waals surface area contributed by atoms with E-state index in [1.54, 1.807) is 24.3 Å². The standard InChI is InChI=1S/C16H19N3O4/c1-10(2)9-23-12-5-3-11(4-6-12)15-17-16(22)13(18-19-15)7-8-14(20)21/h3-6,10H,7-9H2,1-2H3,(H,20,21)(H,17,19,22). The van der Waals surface area contributed by atoms with Gasteiger partial charge in [0, 0.05) is 12.0 Å². The van der Waals surface area contributed by atoms with Crippen LogP contribution in [0.5, 0.6) is 5.75 Å². The molecule has 0 fully saturated rings. The number of aryl methyl sites for hydroxylation is 1. The molecule has 7 heteroatoms. The molecule has 7 nitrogen and oxygen atoms in total. The molecule has 1 heterocycles. The van der Waals surface area contributed by atoms with Crippen molar-refractivity contribution < 1.29 is 14.6 Å². The minimum Gasteiger partial charge on any atom is -0.493 e. The molecule has 1 aromatic heterocycles. The fourth-order valence-corrected chi connectivity index (χ4v) is 1.85. The van der Waals surface area contributed by atoms with Crippen molar-refractivity contribution in [2.45, 2.75) is 26.7 Å². The quantitative estimate of drug-likeness (QED) is 0.808. The first kappa shape index (κ1) is 16.7. The van der Waals surface area contributed by atoms with Crippen molar-refractivity contribution in [3.05, 3.63) is 40.3 Å². The Balaban J connectivity index is 2.11. The fraction of sp³-hybridized carbons (Fsp3) is 0.375. The molecule has 0 bridgehead atoms. The molecular formula is C16H19N3O4. The van der Waals surface area contributed by atoms with Crippen LogP contribution in [0, 0.1) is 5.92 Å². The Labute approximate surface area is 133 Å². The van der Waals surface area contributed by atoms with E-state index >= 15 is 0 Å². The van der Waals surface area contributed by atoms with Crippen molar-refractivity contribution in [2.75, 3.05) is 6.61 Å². The molecule has 0 aliphatic heterocycles. The largest absolute Gasteiger partial charge is 0.493 e. The number of nitrogens with one attached hydrogen (secondary N) is 1. The molecule has 0 saturated carbocycles. The average molecular weight is 317 g/mol. The SMILES string of the molecule is CC(C)COc1ccc(-c2nnc(CCC(=O)O)c(=O)[nH]2)cc1. The fourth-order valence-electron chi connectivity index (χ4n) is 1.85. The normalized spacial score (nSPS) is 10.7. The number of benzene rings is 1. The number of carboxylic acid groups (broad SMARTS) is 1. The number of aromatic amines is 1. The lowest BCUT2D eigenvalue weighted by Crippen LogP contribution is -2.18. The van der Waals surface area contributed by atoms with E-state index in [4.69, 9.17) is 9.84 Å². The van der Waals surface area contributed by atoms with Gasteiger partial charge in [-0.3, -0.25) is 9.59 Å². The predicted octanol–water partition coefficient (Wildman–Crippen LogP) is 1.88. The van der Waals surface area contributed by atoms with Gasteiger partial charge in [0.25, 0.3) is 5.56 Å². The Morgan fingerprint density at radius 2 is 1.96 bits per heavy atom. The highest BCUT2D eigenvalue weighted by Crippen LogP contribution is 2.18. The van der Waals surface area contributed by atoms with E-state index in [9.17, 15) is 9.59 Å². The summed E-state index contributed by atoms with van der Waals surface area (Å²) in [5.74, 6) is 0.544. The number of H-pyrrole nitrogens is 1. The lowest BCUT2D eigenvalue weighted by atomic mass is 10.2. The molecule has 1 aromatic carbocycles. The zero-order valence-electron chi connectivity index (χ0n) is 13.1. The van der Waals surface area contributed by atoms with Crippen LogP contribution in [0.25, 0.3) is 11.4 Å². The monoisotopic (exact) mass is 317 g/mol. The number of ether oxygens (including phenoxy) is 1. The summed E-state index contributed by atoms with van der Waals surface area (Å²) >= 11 is 0. The number of aliphatic carboxylic acids is 1. The van der Waals surface area contributed by atoms with Crippen LogP contribution in [0.15, 0.2) is 29.1 Å². The maximum absolute atomic E-state index is 11.9. The maximum atomic E-state index is 11.9. The van der Waals surface area contributed by atoms with Gasteiger partial charge in [0.1, 0.15) is 11.4 Å². The highest BCUT2D eigenvalue weighted by Gasteiger charge is 2.09. The Morgan fingerprint density at radius 1 is 1.26 bits per heavy atom. The minimum absolute atomic E-state index is 0.0555. The Kier molecular flexibility index (Phi) is 5.46. The van der Waals surface area contributed by atoms with Crippen molar-refractivity contribution in [2.24, 2.45) is 5.92 Å². The zero-order chi connectivity index (χ0) is 16.8. The first-order valence-corrected chi connectivity index (χ1v) is 7.36. The first-order valence-electron chi connectivity index (χ1n) is 7.36. The molecule has 2 N–H and O–H groups in total. The van der Waals surface area contributed by atoms with Gasteiger partial charge in [-0.25, -0.2) is 0 Å². The third kappa shape index (κ3) is 4.91. The average Bonchev–Trinajstić information content (AvgIpc) is 2.52. The molecule has 2 aromatic rings. The molecule has 0 aliphatic carbocycles. The van der Waals surface area contributed by atoms with Gasteiger partial charge in [0.15, 0.2) is 5.82 Å². The third-order valence-corrected chi connectivity index (χ3v) is 3.05. The second kappa shape index (κ2) is 7.53. The maximum Gasteiger partial charge on any atom is 0.303 e. The summed E-state index contributed by atoms with van der Waals surface area (Å²) in [4.78, 5) is 25.0. The van der Waals surface area contributed by atoms with Crippen LogP contribution in [0.1, 0.15) is 26.0 Å². The number of hydrogen-bond donors (Lipinski definition) is 2. The number of carbonyl (C=O) groups is 1. The van der Waals surface area contributed by atoms with E-state index in [1.807, 2.05) is 0 Å². The molecule has 0 saturated heterocycles. The minimum atomic E-state index is -0.979. The van der Waals surface area contributed by atoms with Gasteiger partial charge in [-0.1, -0.05) is 13.8 Å². The molecular weight excluding hydrogens is 298 g/mol. The van der Waals surface area contributed by atoms with Gasteiger partial charge in [-0.15, -0.1) is 10.2 Å². The predicted molar refractivity (Wildman–Crippen MR) is 84.4 cm³/mol. The van der Waals surface area contributed by atoms with Crippen LogP contribution in [0.2, 0.25) is 0 Å². The summed E-state index contributed by atoms with van der Waals surface area (Å²) in [6.45, 7) is 4.77. The molecule has 0 spiro atoms. The van der Waals surface area contributed by atoms with Crippen LogP contribution in [0.3, 0.4) is 0 Å². The lowest BCUT2D eigenvalue weighted by Gasteiger charge is -2.09. The van der Waals surface area contributed by atoms with E-state index < -0.39 is 11.5 Å². The zero-order valence-corrected chi connectivity index (χ0v) is 13.1. The van der Waals surface area contributed by atoms with E-state index in [2.05, 4.69) is 29.0 Å². The van der Waals surface area contributed by atoms with E-state index in [1.165, 1.54) is 0 Å². The second-order valence-corrected chi connectivity index (χ2v) is 5.57. The Bertz CT molecular complexity index is 723. The van der Waals surface area contributed by atoms with Crippen LogP contribution in [-0.4, -0.2) is 32.9 Å². The molecule has 0 radical (unpaired) electrons. The van der Waals surface area contributed by atoms with Crippen LogP contribution in [-0.2, 0) is 11.2 Å². The van der Waals surface area contributed by atoms with Crippen molar-refractivity contribution >= 4 is 5.97 Å². The molecule has 0 unspecified atom stereocenters. The number of carboxylic acids is 1. The summed E-state index contributed by atoms with van der Waals surface area (Å²) in [7, 11) is 0. The van der Waals surface area contributed by atoms with E-state index in [0.717, 1.165) is 5.75 Å². The van der Waals surface area contributed by atoms with Crippen LogP contribution in [0.4, 0.5) is 0 Å². The molecule has 23 heavy (non-hydrogen) atoms. The highest BCUT2D eigenvalue weighted by atomic mass is 16.5. The molecule has 0 aliphatic rings. The first-order chi connectivity index (χ1) is 11.0. The molecule has 122 valence electrons. The van der Waals surface area contributed by atoms with E-state index in [-0.39, 0.29) is 18.5 Å². The van der Waals surface area contributed by atoms with Crippen molar-refractivity contribution in [3.63, 3.8) is 0 Å². The van der Waals surface area contributed by atoms with Crippen molar-refractivity contribution in [1.29, 1.82) is 0 Å². The Hall–Kier alpha value is -2.70. The number of nitrogens with zero attached hydrogens (tertiary/aromatic N) is 2. The summed E-state index contributed by atoms with van der Waals surface area (Å²) in [5.41, 5.74) is 0.403. The highest BCUT2D eigenvalue weighted by molar-refractivity contribution is 5.66. The van der Waals surface area contributed by atoms with Gasteiger partial charge in [-0.05, 0) is 30.2 Å². The van der Waals surface area contributed by atoms with E-state index in [0.29, 0.717) is 23.9 Å². The molecule has 0 atom stereocenters. The van der Waals surface area contributed by atoms with Crippen LogP contribution >= 0.6 is 0 Å². The second-order valence-electron chi connectivity index (χ2n) is 5.57. The molecule has 0 amide bonds. The van der Waals surface area contributed by atoms with Gasteiger partial charge in [-0.2, -0.15) is 0 Å². The molecule has 2 rings (SSSR count). The summed E-state index contributed by atoms with van der Waals surface area (Å²) in [6.07, 6.45) is -0.0983. The van der Waals surface area contributed by atoms with Gasteiger partial charge < -0.3 is 14.8 Å². The third-order valence-electron chi connectivity index (χ3n) is 3.05. The van der Waals surface area contributed by atoms with Gasteiger partial charge in [0.2, 0.25) is 0 Å². The Morgan fingerprint density at radius 3 is 2.52 bits per heavy atom. The van der Waals surface area contributed by atoms with Gasteiger partial charge >= 0.3 is 5.97 Å². The number of hydrogen-bond acceptors (Lipinski definition) is 5.